The first-order valence-corrected chi connectivity index (χ1v) is 7.11. The zero-order chi connectivity index (χ0) is 14.8. The predicted octanol–water partition coefficient (Wildman–Crippen LogP) is 2.71. The van der Waals surface area contributed by atoms with Gasteiger partial charge < -0.3 is 16.0 Å². The molecular weight excluding hydrogens is 305 g/mol. The van der Waals surface area contributed by atoms with Gasteiger partial charge in [-0.2, -0.15) is 0 Å². The maximum atomic E-state index is 13.0. The molecule has 1 atom stereocenters. The molecule has 6 heteroatoms. The van der Waals surface area contributed by atoms with Crippen molar-refractivity contribution in [3.63, 3.8) is 0 Å². The standard InChI is InChI=1S/C16H18FN3O.ClH/c17-12-5-3-10(4-6-12)13-7-19-8-14(13)16(21)20-9-15(18)11-1-2-11;/h3-8,11,15,19H,1-2,9,18H2,(H,20,21);1H. The van der Waals surface area contributed by atoms with E-state index < -0.39 is 0 Å². The van der Waals surface area contributed by atoms with E-state index >= 15 is 0 Å². The van der Waals surface area contributed by atoms with E-state index in [0.717, 1.165) is 24.0 Å². The summed E-state index contributed by atoms with van der Waals surface area (Å²) in [5.74, 6) is 0.0930. The van der Waals surface area contributed by atoms with Gasteiger partial charge in [-0.3, -0.25) is 4.79 Å². The first-order valence-electron chi connectivity index (χ1n) is 7.11. The van der Waals surface area contributed by atoms with Crippen LogP contribution in [0.1, 0.15) is 23.2 Å². The highest BCUT2D eigenvalue weighted by Gasteiger charge is 2.28. The second-order valence-electron chi connectivity index (χ2n) is 5.50. The van der Waals surface area contributed by atoms with Crippen LogP contribution in [0, 0.1) is 11.7 Å². The molecular formula is C16H19ClFN3O. The second kappa shape index (κ2) is 6.94. The number of rotatable bonds is 5. The van der Waals surface area contributed by atoms with E-state index in [4.69, 9.17) is 5.73 Å². The number of nitrogens with two attached hydrogens (primary N) is 1. The molecule has 1 fully saturated rings. The zero-order valence-electron chi connectivity index (χ0n) is 12.0. The van der Waals surface area contributed by atoms with Gasteiger partial charge in [-0.05, 0) is 36.5 Å². The lowest BCUT2D eigenvalue weighted by atomic mass is 10.0. The molecule has 1 unspecified atom stereocenters. The van der Waals surface area contributed by atoms with Gasteiger partial charge in [0.1, 0.15) is 5.82 Å². The van der Waals surface area contributed by atoms with Crippen molar-refractivity contribution in [2.24, 2.45) is 11.7 Å². The summed E-state index contributed by atoms with van der Waals surface area (Å²) >= 11 is 0. The Balaban J connectivity index is 0.00000176. The highest BCUT2D eigenvalue weighted by Crippen LogP contribution is 2.31. The molecule has 118 valence electrons. The summed E-state index contributed by atoms with van der Waals surface area (Å²) in [4.78, 5) is 15.2. The number of aromatic amines is 1. The van der Waals surface area contributed by atoms with Crippen molar-refractivity contribution >= 4 is 18.3 Å². The Morgan fingerprint density at radius 2 is 2.00 bits per heavy atom. The van der Waals surface area contributed by atoms with E-state index in [1.165, 1.54) is 12.1 Å². The number of nitrogens with one attached hydrogen (secondary N) is 2. The van der Waals surface area contributed by atoms with Gasteiger partial charge in [-0.15, -0.1) is 12.4 Å². The molecule has 0 saturated heterocycles. The van der Waals surface area contributed by atoms with Gasteiger partial charge in [0.2, 0.25) is 0 Å². The Morgan fingerprint density at radius 1 is 1.32 bits per heavy atom. The normalized spacial score (nSPS) is 15.0. The van der Waals surface area contributed by atoms with Crippen LogP contribution in [0.25, 0.3) is 11.1 Å². The lowest BCUT2D eigenvalue weighted by Gasteiger charge is -2.12. The Morgan fingerprint density at radius 3 is 2.64 bits per heavy atom. The van der Waals surface area contributed by atoms with Gasteiger partial charge in [-0.1, -0.05) is 12.1 Å². The van der Waals surface area contributed by atoms with Gasteiger partial charge in [-0.25, -0.2) is 4.39 Å². The number of hydrogen-bond donors (Lipinski definition) is 3. The molecule has 1 saturated carbocycles. The van der Waals surface area contributed by atoms with Gasteiger partial charge in [0.15, 0.2) is 0 Å². The number of aromatic nitrogens is 1. The fourth-order valence-corrected chi connectivity index (χ4v) is 2.42. The van der Waals surface area contributed by atoms with E-state index in [-0.39, 0.29) is 30.2 Å². The number of H-pyrrole nitrogens is 1. The van der Waals surface area contributed by atoms with Crippen LogP contribution in [0.15, 0.2) is 36.7 Å². The van der Waals surface area contributed by atoms with E-state index in [0.29, 0.717) is 18.0 Å². The summed E-state index contributed by atoms with van der Waals surface area (Å²) in [6.45, 7) is 0.484. The smallest absolute Gasteiger partial charge is 0.253 e. The van der Waals surface area contributed by atoms with Crippen molar-refractivity contribution in [1.82, 2.24) is 10.3 Å². The van der Waals surface area contributed by atoms with Crippen molar-refractivity contribution in [3.8, 4) is 11.1 Å². The molecule has 4 N–H and O–H groups in total. The third-order valence-corrected chi connectivity index (χ3v) is 3.87. The zero-order valence-corrected chi connectivity index (χ0v) is 12.8. The van der Waals surface area contributed by atoms with Crippen LogP contribution < -0.4 is 11.1 Å². The molecule has 0 spiro atoms. The lowest BCUT2D eigenvalue weighted by Crippen LogP contribution is -2.38. The van der Waals surface area contributed by atoms with Gasteiger partial charge in [0, 0.05) is 30.5 Å². The lowest BCUT2D eigenvalue weighted by molar-refractivity contribution is 0.0951. The van der Waals surface area contributed by atoms with Crippen LogP contribution in [0.2, 0.25) is 0 Å². The fourth-order valence-electron chi connectivity index (χ4n) is 2.42. The van der Waals surface area contributed by atoms with Crippen LogP contribution in [-0.4, -0.2) is 23.5 Å². The Labute approximate surface area is 134 Å². The molecule has 1 aromatic carbocycles. The number of carbonyl (C=O) groups is 1. The van der Waals surface area contributed by atoms with E-state index in [1.807, 2.05) is 0 Å². The molecule has 0 radical (unpaired) electrons. The van der Waals surface area contributed by atoms with E-state index in [1.54, 1.807) is 24.5 Å². The first kappa shape index (κ1) is 16.5. The second-order valence-corrected chi connectivity index (χ2v) is 5.50. The van der Waals surface area contributed by atoms with Gasteiger partial charge in [0.25, 0.3) is 5.91 Å². The molecule has 3 rings (SSSR count). The molecule has 0 bridgehead atoms. The monoisotopic (exact) mass is 323 g/mol. The summed E-state index contributed by atoms with van der Waals surface area (Å²) in [5.41, 5.74) is 8.09. The largest absolute Gasteiger partial charge is 0.366 e. The summed E-state index contributed by atoms with van der Waals surface area (Å²) in [6.07, 6.45) is 5.70. The molecule has 1 aromatic heterocycles. The molecule has 1 amide bonds. The summed E-state index contributed by atoms with van der Waals surface area (Å²) in [7, 11) is 0. The highest BCUT2D eigenvalue weighted by atomic mass is 35.5. The first-order chi connectivity index (χ1) is 10.1. The molecule has 0 aliphatic heterocycles. The Hall–Kier alpha value is -1.85. The van der Waals surface area contributed by atoms with Gasteiger partial charge >= 0.3 is 0 Å². The number of amides is 1. The third-order valence-electron chi connectivity index (χ3n) is 3.87. The maximum absolute atomic E-state index is 13.0. The Bertz CT molecular complexity index is 637. The van der Waals surface area contributed by atoms with Crippen LogP contribution in [-0.2, 0) is 0 Å². The summed E-state index contributed by atoms with van der Waals surface area (Å²) in [5, 5.41) is 2.87. The predicted molar refractivity (Wildman–Crippen MR) is 86.5 cm³/mol. The molecule has 22 heavy (non-hydrogen) atoms. The number of hydrogen-bond acceptors (Lipinski definition) is 2. The summed E-state index contributed by atoms with van der Waals surface area (Å²) < 4.78 is 13.0. The highest BCUT2D eigenvalue weighted by molar-refractivity contribution is 6.00. The minimum Gasteiger partial charge on any atom is -0.366 e. The third kappa shape index (κ3) is 3.67. The van der Waals surface area contributed by atoms with Crippen molar-refractivity contribution in [2.45, 2.75) is 18.9 Å². The number of carbonyl (C=O) groups excluding carboxylic acids is 1. The topological polar surface area (TPSA) is 70.9 Å². The average Bonchev–Trinajstić information content (AvgIpc) is 3.23. The molecule has 4 nitrogen and oxygen atoms in total. The molecule has 1 aliphatic carbocycles. The van der Waals surface area contributed by atoms with Crippen molar-refractivity contribution in [1.29, 1.82) is 0 Å². The van der Waals surface area contributed by atoms with E-state index in [2.05, 4.69) is 10.3 Å². The molecule has 2 aromatic rings. The number of benzene rings is 1. The van der Waals surface area contributed by atoms with E-state index in [9.17, 15) is 9.18 Å². The number of halogens is 2. The SMILES string of the molecule is Cl.NC(CNC(=O)c1c[nH]cc1-c1ccc(F)cc1)C1CC1. The minimum absolute atomic E-state index is 0. The molecule has 1 heterocycles. The molecule has 1 aliphatic rings. The van der Waals surface area contributed by atoms with Crippen molar-refractivity contribution in [2.75, 3.05) is 6.54 Å². The van der Waals surface area contributed by atoms with Crippen molar-refractivity contribution in [3.05, 3.63) is 48.0 Å². The van der Waals surface area contributed by atoms with Crippen LogP contribution in [0.3, 0.4) is 0 Å². The van der Waals surface area contributed by atoms with Crippen LogP contribution in [0.5, 0.6) is 0 Å². The quantitative estimate of drug-likeness (QED) is 0.791. The Kier molecular flexibility index (Phi) is 5.21. The van der Waals surface area contributed by atoms with Crippen LogP contribution in [0.4, 0.5) is 4.39 Å². The minimum atomic E-state index is -0.296. The van der Waals surface area contributed by atoms with Crippen molar-refractivity contribution < 1.29 is 9.18 Å². The maximum Gasteiger partial charge on any atom is 0.253 e. The fraction of sp³-hybridized carbons (Fsp3) is 0.312. The summed E-state index contributed by atoms with van der Waals surface area (Å²) in [6, 6.07) is 6.11. The average molecular weight is 324 g/mol. The van der Waals surface area contributed by atoms with Crippen LogP contribution >= 0.6 is 12.4 Å². The van der Waals surface area contributed by atoms with Gasteiger partial charge in [0.05, 0.1) is 5.56 Å².